The van der Waals surface area contributed by atoms with Crippen LogP contribution in [0, 0.1) is 6.92 Å². The molecule has 0 aliphatic carbocycles. The number of piperazine rings is 1. The summed E-state index contributed by atoms with van der Waals surface area (Å²) in [5.74, 6) is -0.772. The number of sulfonamides is 3. The van der Waals surface area contributed by atoms with Crippen molar-refractivity contribution in [1.82, 2.24) is 8.61 Å². The highest BCUT2D eigenvalue weighted by Gasteiger charge is 2.43. The zero-order valence-corrected chi connectivity index (χ0v) is 26.0. The molecule has 0 spiro atoms. The molecule has 5 rings (SSSR count). The van der Waals surface area contributed by atoms with Crippen LogP contribution in [0.2, 0.25) is 0 Å². The molecule has 0 bridgehead atoms. The van der Waals surface area contributed by atoms with E-state index in [0.29, 0.717) is 5.69 Å². The molecule has 0 radical (unpaired) electrons. The number of aryl methyl sites for hydroxylation is 1. The number of rotatable bonds is 9. The summed E-state index contributed by atoms with van der Waals surface area (Å²) in [4.78, 5) is 13.6. The summed E-state index contributed by atoms with van der Waals surface area (Å²) in [6.45, 7) is 0.989. The fourth-order valence-corrected chi connectivity index (χ4v) is 8.90. The molecule has 0 aromatic heterocycles. The van der Waals surface area contributed by atoms with Crippen molar-refractivity contribution in [2.75, 3.05) is 29.7 Å². The second-order valence-corrected chi connectivity index (χ2v) is 15.6. The Hall–Kier alpha value is -4.08. The van der Waals surface area contributed by atoms with Crippen LogP contribution in [0.5, 0.6) is 0 Å². The van der Waals surface area contributed by atoms with E-state index in [1.807, 2.05) is 13.0 Å². The predicted octanol–water partition coefficient (Wildman–Crippen LogP) is 3.50. The Morgan fingerprint density at radius 2 is 1.25 bits per heavy atom. The summed E-state index contributed by atoms with van der Waals surface area (Å²) in [7, 11) is -12.1. The zero-order chi connectivity index (χ0) is 31.5. The molecule has 1 aliphatic rings. The number of hydrogen-bond donors (Lipinski definition) is 2. The van der Waals surface area contributed by atoms with Crippen LogP contribution in [0.25, 0.3) is 0 Å². The van der Waals surface area contributed by atoms with Gasteiger partial charge in [-0.05, 0) is 73.2 Å². The molecule has 1 saturated heterocycles. The average molecular weight is 655 g/mol. The lowest BCUT2D eigenvalue weighted by molar-refractivity contribution is -0.120. The molecule has 1 unspecified atom stereocenters. The third-order valence-corrected chi connectivity index (χ3v) is 12.2. The van der Waals surface area contributed by atoms with Gasteiger partial charge in [0.25, 0.3) is 10.0 Å². The monoisotopic (exact) mass is 654 g/mol. The molecule has 0 saturated carbocycles. The van der Waals surface area contributed by atoms with Crippen LogP contribution >= 0.6 is 0 Å². The minimum atomic E-state index is -4.18. The van der Waals surface area contributed by atoms with Gasteiger partial charge >= 0.3 is 0 Å². The Kier molecular flexibility index (Phi) is 8.90. The maximum absolute atomic E-state index is 13.7. The fourth-order valence-electron chi connectivity index (χ4n) is 4.80. The first kappa shape index (κ1) is 31.3. The molecule has 2 N–H and O–H groups in total. The van der Waals surface area contributed by atoms with Crippen molar-refractivity contribution >= 4 is 47.4 Å². The summed E-state index contributed by atoms with van der Waals surface area (Å²) >= 11 is 0. The fraction of sp³-hybridized carbons (Fsp3) is 0.167. The highest BCUT2D eigenvalue weighted by molar-refractivity contribution is 7.92. The SMILES string of the molecule is Cc1cccc(NS(=O)(=O)c2ccc(NC(=O)C3CN(S(=O)(=O)c4ccccc4)CCN3S(=O)(=O)c3ccccc3)cc2)c1. The molecule has 1 atom stereocenters. The van der Waals surface area contributed by atoms with Crippen LogP contribution in [-0.2, 0) is 34.9 Å². The van der Waals surface area contributed by atoms with E-state index in [4.69, 9.17) is 0 Å². The van der Waals surface area contributed by atoms with E-state index in [-0.39, 0.29) is 33.5 Å². The molecule has 1 fully saturated rings. The Bertz CT molecular complexity index is 1970. The van der Waals surface area contributed by atoms with Gasteiger partial charge in [-0.1, -0.05) is 48.5 Å². The van der Waals surface area contributed by atoms with Gasteiger partial charge in [0.2, 0.25) is 26.0 Å². The normalized spacial score (nSPS) is 16.7. The number of nitrogens with zero attached hydrogens (tertiary/aromatic N) is 2. The van der Waals surface area contributed by atoms with Gasteiger partial charge in [0.15, 0.2) is 0 Å². The average Bonchev–Trinajstić information content (AvgIpc) is 3.01. The third kappa shape index (κ3) is 6.69. The number of anilines is 2. The van der Waals surface area contributed by atoms with E-state index in [2.05, 4.69) is 10.0 Å². The molecule has 1 heterocycles. The molecule has 1 amide bonds. The second kappa shape index (κ2) is 12.5. The molecule has 4 aromatic rings. The standard InChI is InChI=1S/C30H30N4O7S3/c1-23-9-8-10-25(21-23)32-42(36,37)26-17-15-24(16-18-26)31-30(35)29-22-33(43(38,39)27-11-4-2-5-12-27)19-20-34(29)44(40,41)28-13-6-3-7-14-28/h2-18,21,29,32H,19-20,22H2,1H3,(H,31,35). The van der Waals surface area contributed by atoms with E-state index in [0.717, 1.165) is 14.2 Å². The largest absolute Gasteiger partial charge is 0.325 e. The van der Waals surface area contributed by atoms with Crippen molar-refractivity contribution in [1.29, 1.82) is 0 Å². The Balaban J connectivity index is 1.40. The molecule has 14 heteroatoms. The molecule has 11 nitrogen and oxygen atoms in total. The van der Waals surface area contributed by atoms with Gasteiger partial charge in [0, 0.05) is 31.0 Å². The molecule has 4 aromatic carbocycles. The first-order valence-electron chi connectivity index (χ1n) is 13.5. The Morgan fingerprint density at radius 3 is 1.84 bits per heavy atom. The molecule has 44 heavy (non-hydrogen) atoms. The van der Waals surface area contributed by atoms with Gasteiger partial charge < -0.3 is 5.32 Å². The smallest absolute Gasteiger partial charge is 0.261 e. The van der Waals surface area contributed by atoms with Crippen LogP contribution in [0.4, 0.5) is 11.4 Å². The molecule has 230 valence electrons. The van der Waals surface area contributed by atoms with E-state index < -0.39 is 48.6 Å². The van der Waals surface area contributed by atoms with E-state index in [1.54, 1.807) is 54.6 Å². The van der Waals surface area contributed by atoms with Gasteiger partial charge in [-0.3, -0.25) is 9.52 Å². The summed E-state index contributed by atoms with van der Waals surface area (Å²) in [6.07, 6.45) is 0. The van der Waals surface area contributed by atoms with E-state index >= 15 is 0 Å². The van der Waals surface area contributed by atoms with Gasteiger partial charge in [-0.25, -0.2) is 25.3 Å². The first-order valence-corrected chi connectivity index (χ1v) is 17.9. The maximum Gasteiger partial charge on any atom is 0.261 e. The van der Waals surface area contributed by atoms with Crippen molar-refractivity contribution < 1.29 is 30.0 Å². The summed E-state index contributed by atoms with van der Waals surface area (Å²) in [5, 5.41) is 2.63. The van der Waals surface area contributed by atoms with Crippen LogP contribution in [-0.4, -0.2) is 65.4 Å². The lowest BCUT2D eigenvalue weighted by atomic mass is 10.2. The van der Waals surface area contributed by atoms with Gasteiger partial charge in [0.05, 0.1) is 14.7 Å². The topological polar surface area (TPSA) is 150 Å². The number of benzene rings is 4. The molecule has 1 aliphatic heterocycles. The van der Waals surface area contributed by atoms with Crippen LogP contribution in [0.15, 0.2) is 124 Å². The third-order valence-electron chi connectivity index (χ3n) is 7.03. The van der Waals surface area contributed by atoms with Crippen molar-refractivity contribution in [3.63, 3.8) is 0 Å². The highest BCUT2D eigenvalue weighted by atomic mass is 32.2. The minimum absolute atomic E-state index is 0.0228. The lowest BCUT2D eigenvalue weighted by Gasteiger charge is -2.38. The summed E-state index contributed by atoms with van der Waals surface area (Å²) in [6, 6.07) is 26.1. The van der Waals surface area contributed by atoms with E-state index in [1.165, 1.54) is 48.5 Å². The lowest BCUT2D eigenvalue weighted by Crippen LogP contribution is -2.60. The van der Waals surface area contributed by atoms with Crippen molar-refractivity contribution in [2.45, 2.75) is 27.7 Å². The number of carbonyl (C=O) groups excluding carboxylic acids is 1. The van der Waals surface area contributed by atoms with Crippen molar-refractivity contribution in [3.8, 4) is 0 Å². The highest BCUT2D eigenvalue weighted by Crippen LogP contribution is 2.27. The van der Waals surface area contributed by atoms with Gasteiger partial charge in [-0.2, -0.15) is 8.61 Å². The van der Waals surface area contributed by atoms with Gasteiger partial charge in [0.1, 0.15) is 6.04 Å². The molecular weight excluding hydrogens is 625 g/mol. The predicted molar refractivity (Wildman–Crippen MR) is 166 cm³/mol. The van der Waals surface area contributed by atoms with Gasteiger partial charge in [-0.15, -0.1) is 0 Å². The summed E-state index contributed by atoms with van der Waals surface area (Å²) in [5.41, 5.74) is 1.48. The molecular formula is C30H30N4O7S3. The van der Waals surface area contributed by atoms with Crippen LogP contribution < -0.4 is 10.0 Å². The zero-order valence-electron chi connectivity index (χ0n) is 23.6. The number of nitrogens with one attached hydrogen (secondary N) is 2. The quantitative estimate of drug-likeness (QED) is 0.281. The van der Waals surface area contributed by atoms with E-state index in [9.17, 15) is 30.0 Å². The minimum Gasteiger partial charge on any atom is -0.325 e. The Labute approximate surface area is 257 Å². The maximum atomic E-state index is 13.7. The van der Waals surface area contributed by atoms with Crippen LogP contribution in [0.1, 0.15) is 5.56 Å². The van der Waals surface area contributed by atoms with Crippen molar-refractivity contribution in [3.05, 3.63) is 115 Å². The van der Waals surface area contributed by atoms with Crippen molar-refractivity contribution in [2.24, 2.45) is 0 Å². The number of hydrogen-bond acceptors (Lipinski definition) is 7. The van der Waals surface area contributed by atoms with Crippen LogP contribution in [0.3, 0.4) is 0 Å². The Morgan fingerprint density at radius 1 is 0.659 bits per heavy atom. The first-order chi connectivity index (χ1) is 20.9. The number of amides is 1. The number of carbonyl (C=O) groups is 1. The second-order valence-electron chi connectivity index (χ2n) is 10.1. The summed E-state index contributed by atoms with van der Waals surface area (Å²) < 4.78 is 84.4.